The summed E-state index contributed by atoms with van der Waals surface area (Å²) in [7, 11) is 0. The number of fused-ring (bicyclic) bond motifs is 1. The largest absolute Gasteiger partial charge is 0.406 e. The Morgan fingerprint density at radius 2 is 2.31 bits per heavy atom. The first-order valence-electron chi connectivity index (χ1n) is 8.72. The van der Waals surface area contributed by atoms with Gasteiger partial charge in [0, 0.05) is 24.2 Å². The topological polar surface area (TPSA) is 84.4 Å². The molecule has 2 aromatic rings. The minimum Gasteiger partial charge on any atom is -0.406 e. The Kier molecular flexibility index (Phi) is 4.24. The second-order valence-corrected chi connectivity index (χ2v) is 6.63. The van der Waals surface area contributed by atoms with E-state index < -0.39 is 0 Å². The fourth-order valence-electron chi connectivity index (χ4n) is 3.69. The first-order chi connectivity index (χ1) is 12.7. The fraction of sp³-hybridized carbons (Fsp3) is 0.300. The van der Waals surface area contributed by atoms with Crippen LogP contribution in [0, 0.1) is 5.92 Å². The number of H-pyrrole nitrogens is 1. The molecule has 0 bridgehead atoms. The number of carbonyl (C=O) groups excluding carboxylic acids is 2. The first-order valence-corrected chi connectivity index (χ1v) is 8.72. The third-order valence-electron chi connectivity index (χ3n) is 4.90. The highest BCUT2D eigenvalue weighted by molar-refractivity contribution is 6.14. The maximum atomic E-state index is 11.7. The van der Waals surface area contributed by atoms with Gasteiger partial charge in [0.15, 0.2) is 5.78 Å². The van der Waals surface area contributed by atoms with E-state index in [2.05, 4.69) is 27.6 Å². The lowest BCUT2D eigenvalue weighted by Gasteiger charge is -2.22. The molecule has 0 fully saturated rings. The Bertz CT molecular complexity index is 968. The molecule has 2 aromatic heterocycles. The minimum atomic E-state index is -0.348. The van der Waals surface area contributed by atoms with Crippen LogP contribution in [0.15, 0.2) is 42.2 Å². The Balaban J connectivity index is 1.71. The first kappa shape index (κ1) is 16.4. The van der Waals surface area contributed by atoms with Crippen molar-refractivity contribution >= 4 is 34.3 Å². The molecule has 0 saturated carbocycles. The molecule has 4 rings (SSSR count). The summed E-state index contributed by atoms with van der Waals surface area (Å²) in [6, 6.07) is 1.97. The number of nitrogens with zero attached hydrogens (tertiary/aromatic N) is 2. The van der Waals surface area contributed by atoms with Crippen molar-refractivity contribution in [1.29, 1.82) is 0 Å². The zero-order valence-corrected chi connectivity index (χ0v) is 14.3. The van der Waals surface area contributed by atoms with Crippen molar-refractivity contribution in [3.05, 3.63) is 48.3 Å². The second kappa shape index (κ2) is 6.71. The maximum absolute atomic E-state index is 11.7. The van der Waals surface area contributed by atoms with Gasteiger partial charge in [-0.3, -0.25) is 4.79 Å². The number of ether oxygens (including phenoxy) is 1. The SMILES string of the molecule is C=CC(=O)CC1CCC=C(c2ccnc3[nH]cc(C4=NCC(=O)O4)c23)C1. The van der Waals surface area contributed by atoms with E-state index in [1.165, 1.54) is 11.6 Å². The van der Waals surface area contributed by atoms with Crippen LogP contribution in [-0.4, -0.2) is 34.2 Å². The highest BCUT2D eigenvalue weighted by atomic mass is 16.6. The van der Waals surface area contributed by atoms with E-state index in [-0.39, 0.29) is 18.3 Å². The van der Waals surface area contributed by atoms with Crippen molar-refractivity contribution in [2.45, 2.75) is 25.7 Å². The van der Waals surface area contributed by atoms with E-state index in [9.17, 15) is 9.59 Å². The second-order valence-electron chi connectivity index (χ2n) is 6.63. The summed E-state index contributed by atoms with van der Waals surface area (Å²) in [6.45, 7) is 3.62. The molecule has 6 heteroatoms. The van der Waals surface area contributed by atoms with E-state index >= 15 is 0 Å². The van der Waals surface area contributed by atoms with Crippen LogP contribution in [-0.2, 0) is 14.3 Å². The van der Waals surface area contributed by atoms with E-state index in [4.69, 9.17) is 4.74 Å². The minimum absolute atomic E-state index is 0.0477. The van der Waals surface area contributed by atoms with E-state index in [1.807, 2.05) is 6.07 Å². The van der Waals surface area contributed by atoms with Gasteiger partial charge in [-0.2, -0.15) is 0 Å². The molecule has 26 heavy (non-hydrogen) atoms. The molecule has 6 nitrogen and oxygen atoms in total. The normalized spacial score (nSPS) is 19.8. The molecular weight excluding hydrogens is 330 g/mol. The average molecular weight is 349 g/mol. The molecule has 0 aromatic carbocycles. The highest BCUT2D eigenvalue weighted by Crippen LogP contribution is 2.37. The average Bonchev–Trinajstić information content (AvgIpc) is 3.27. The highest BCUT2D eigenvalue weighted by Gasteiger charge is 2.25. The van der Waals surface area contributed by atoms with Gasteiger partial charge >= 0.3 is 5.97 Å². The van der Waals surface area contributed by atoms with Crippen molar-refractivity contribution in [2.75, 3.05) is 6.54 Å². The zero-order chi connectivity index (χ0) is 18.1. The number of rotatable bonds is 5. The summed E-state index contributed by atoms with van der Waals surface area (Å²) in [5.41, 5.74) is 3.72. The number of allylic oxidation sites excluding steroid dienone is 3. The van der Waals surface area contributed by atoms with Crippen molar-refractivity contribution in [3.63, 3.8) is 0 Å². The number of hydrogen-bond acceptors (Lipinski definition) is 5. The molecular formula is C20H19N3O3. The van der Waals surface area contributed by atoms with Gasteiger partial charge in [-0.25, -0.2) is 14.8 Å². The van der Waals surface area contributed by atoms with Crippen LogP contribution >= 0.6 is 0 Å². The number of carbonyl (C=O) groups is 2. The number of nitrogens with one attached hydrogen (secondary N) is 1. The monoisotopic (exact) mass is 349 g/mol. The van der Waals surface area contributed by atoms with Crippen LogP contribution in [0.1, 0.15) is 36.8 Å². The van der Waals surface area contributed by atoms with E-state index in [0.29, 0.717) is 18.2 Å². The van der Waals surface area contributed by atoms with E-state index in [1.54, 1.807) is 12.4 Å². The molecule has 0 saturated heterocycles. The van der Waals surface area contributed by atoms with Crippen LogP contribution in [0.2, 0.25) is 0 Å². The number of ketones is 1. The van der Waals surface area contributed by atoms with Gasteiger partial charge in [-0.15, -0.1) is 0 Å². The smallest absolute Gasteiger partial charge is 0.334 e. The lowest BCUT2D eigenvalue weighted by molar-refractivity contribution is -0.132. The summed E-state index contributed by atoms with van der Waals surface area (Å²) in [6.07, 6.45) is 10.5. The molecule has 1 aliphatic heterocycles. The van der Waals surface area contributed by atoms with Gasteiger partial charge in [0.05, 0.1) is 5.56 Å². The Hall–Kier alpha value is -3.02. The van der Waals surface area contributed by atoms with Gasteiger partial charge in [0.25, 0.3) is 0 Å². The number of pyridine rings is 1. The van der Waals surface area contributed by atoms with Crippen LogP contribution in [0.5, 0.6) is 0 Å². The Morgan fingerprint density at radius 1 is 1.42 bits per heavy atom. The predicted molar refractivity (Wildman–Crippen MR) is 98.7 cm³/mol. The van der Waals surface area contributed by atoms with E-state index in [0.717, 1.165) is 41.4 Å². The third kappa shape index (κ3) is 2.98. The molecule has 1 atom stereocenters. The third-order valence-corrected chi connectivity index (χ3v) is 4.90. The van der Waals surface area contributed by atoms with Gasteiger partial charge in [-0.05, 0) is 48.5 Å². The summed E-state index contributed by atoms with van der Waals surface area (Å²) < 4.78 is 5.23. The summed E-state index contributed by atoms with van der Waals surface area (Å²) in [5.74, 6) is 0.392. The number of aromatic amines is 1. The number of cyclic esters (lactones) is 1. The van der Waals surface area contributed by atoms with Gasteiger partial charge < -0.3 is 9.72 Å². The number of esters is 1. The molecule has 2 aliphatic rings. The van der Waals surface area contributed by atoms with Crippen molar-refractivity contribution in [3.8, 4) is 0 Å². The molecule has 1 N–H and O–H groups in total. The Morgan fingerprint density at radius 3 is 3.08 bits per heavy atom. The van der Waals surface area contributed by atoms with Crippen molar-refractivity contribution in [2.24, 2.45) is 10.9 Å². The molecule has 0 amide bonds. The molecule has 1 unspecified atom stereocenters. The summed E-state index contributed by atoms with van der Waals surface area (Å²) in [4.78, 5) is 34.9. The standard InChI is InChI=1S/C20H19N3O3/c1-2-14(24)9-12-4-3-5-13(8-12)15-6-7-21-19-18(15)16(10-22-19)20-23-11-17(25)26-20/h2,5-7,10,12H,1,3-4,8-9,11H2,(H,21,22). The lowest BCUT2D eigenvalue weighted by atomic mass is 9.82. The summed E-state index contributed by atoms with van der Waals surface area (Å²) in [5, 5.41) is 0.905. The lowest BCUT2D eigenvalue weighted by Crippen LogP contribution is -2.11. The molecule has 0 spiro atoms. The van der Waals surface area contributed by atoms with Crippen LogP contribution in [0.4, 0.5) is 0 Å². The van der Waals surface area contributed by atoms with Crippen molar-refractivity contribution in [1.82, 2.24) is 9.97 Å². The van der Waals surface area contributed by atoms with Gasteiger partial charge in [0.1, 0.15) is 12.2 Å². The molecule has 3 heterocycles. The number of hydrogen-bond donors (Lipinski definition) is 1. The Labute approximate surface area is 150 Å². The predicted octanol–water partition coefficient (Wildman–Crippen LogP) is 3.20. The number of aliphatic imine (C=N–C) groups is 1. The quantitative estimate of drug-likeness (QED) is 0.663. The number of aromatic nitrogens is 2. The molecule has 1 aliphatic carbocycles. The summed E-state index contributed by atoms with van der Waals surface area (Å²) >= 11 is 0. The zero-order valence-electron chi connectivity index (χ0n) is 14.3. The van der Waals surface area contributed by atoms with Gasteiger partial charge in [0.2, 0.25) is 5.90 Å². The van der Waals surface area contributed by atoms with Crippen LogP contribution in [0.3, 0.4) is 0 Å². The fourth-order valence-corrected chi connectivity index (χ4v) is 3.69. The van der Waals surface area contributed by atoms with Gasteiger partial charge in [-0.1, -0.05) is 12.7 Å². The van der Waals surface area contributed by atoms with Crippen LogP contribution in [0.25, 0.3) is 16.6 Å². The maximum Gasteiger partial charge on any atom is 0.334 e. The van der Waals surface area contributed by atoms with Crippen molar-refractivity contribution < 1.29 is 14.3 Å². The molecule has 0 radical (unpaired) electrons. The molecule has 132 valence electrons. The van der Waals surface area contributed by atoms with Crippen LogP contribution < -0.4 is 0 Å².